The normalized spacial score (nSPS) is 26.5. The van der Waals surface area contributed by atoms with Crippen LogP contribution in [0.2, 0.25) is 0 Å². The fourth-order valence-electron chi connectivity index (χ4n) is 7.07. The summed E-state index contributed by atoms with van der Waals surface area (Å²) in [5.74, 6) is 0.249. The van der Waals surface area contributed by atoms with Gasteiger partial charge in [-0.15, -0.1) is 0 Å². The third kappa shape index (κ3) is 3.22. The summed E-state index contributed by atoms with van der Waals surface area (Å²) in [5, 5.41) is 2.76. The number of hydrogen-bond donors (Lipinski definition) is 0. The molecule has 0 spiro atoms. The maximum Gasteiger partial charge on any atom is 0.238 e. The van der Waals surface area contributed by atoms with Crippen molar-refractivity contribution in [1.82, 2.24) is 4.90 Å². The monoisotopic (exact) mass is 466 g/mol. The number of piperidine rings is 1. The molecule has 1 amide bonds. The summed E-state index contributed by atoms with van der Waals surface area (Å²) >= 11 is 0. The van der Waals surface area contributed by atoms with E-state index in [2.05, 4.69) is 54.3 Å². The van der Waals surface area contributed by atoms with Crippen LogP contribution in [0, 0.1) is 0 Å². The van der Waals surface area contributed by atoms with Gasteiger partial charge in [0.1, 0.15) is 5.78 Å². The first kappa shape index (κ1) is 22.5. The van der Waals surface area contributed by atoms with Gasteiger partial charge < -0.3 is 4.90 Å². The van der Waals surface area contributed by atoms with Gasteiger partial charge in [0.25, 0.3) is 0 Å². The Bertz CT molecular complexity index is 1330. The van der Waals surface area contributed by atoms with Crippen LogP contribution >= 0.6 is 0 Å². The molecule has 0 unspecified atom stereocenters. The number of anilines is 1. The maximum absolute atomic E-state index is 13.9. The van der Waals surface area contributed by atoms with E-state index >= 15 is 0 Å². The lowest BCUT2D eigenvalue weighted by atomic mass is 9.79. The zero-order valence-corrected chi connectivity index (χ0v) is 21.0. The number of nitrogens with zero attached hydrogens (tertiary/aromatic N) is 2. The molecule has 3 aliphatic rings. The molecule has 6 rings (SSSR count). The van der Waals surface area contributed by atoms with Crippen LogP contribution in [0.25, 0.3) is 10.8 Å². The standard InChI is InChI=1S/C31H34N2O2/c1-4-24(34)20-30(2)25-12-5-6-14-27(25)33(29(30)35)23-15-17-32(18-16-23)31(3)19-22-11-7-9-21-10-8-13-26(31)28(21)22/h5-14,23H,4,15-20H2,1-3H3/t30-,31-/m0/s1. The van der Waals surface area contributed by atoms with E-state index in [0.29, 0.717) is 6.42 Å². The van der Waals surface area contributed by atoms with Gasteiger partial charge in [-0.25, -0.2) is 0 Å². The number of likely N-dealkylation sites (tertiary alicyclic amines) is 1. The number of hydrogen-bond acceptors (Lipinski definition) is 3. The van der Waals surface area contributed by atoms with Crippen LogP contribution in [0.4, 0.5) is 5.69 Å². The summed E-state index contributed by atoms with van der Waals surface area (Å²) in [5.41, 5.74) is 4.14. The lowest BCUT2D eigenvalue weighted by Gasteiger charge is -2.45. The highest BCUT2D eigenvalue weighted by Crippen LogP contribution is 2.48. The van der Waals surface area contributed by atoms with Crippen molar-refractivity contribution in [2.45, 2.75) is 69.9 Å². The molecule has 1 saturated heterocycles. The summed E-state index contributed by atoms with van der Waals surface area (Å²) in [4.78, 5) is 31.0. The fourth-order valence-corrected chi connectivity index (χ4v) is 7.07. The molecule has 4 nitrogen and oxygen atoms in total. The number of para-hydroxylation sites is 1. The summed E-state index contributed by atoms with van der Waals surface area (Å²) in [6.07, 6.45) is 3.68. The van der Waals surface area contributed by atoms with E-state index in [4.69, 9.17) is 0 Å². The van der Waals surface area contributed by atoms with E-state index in [1.807, 2.05) is 36.9 Å². The Morgan fingerprint density at radius 3 is 2.37 bits per heavy atom. The van der Waals surface area contributed by atoms with Crippen LogP contribution in [-0.2, 0) is 27.0 Å². The summed E-state index contributed by atoms with van der Waals surface area (Å²) in [6, 6.07) is 21.7. The third-order valence-corrected chi connectivity index (χ3v) is 9.03. The molecule has 4 heteroatoms. The molecule has 0 aromatic heterocycles. The fraction of sp³-hybridized carbons (Fsp3) is 0.419. The van der Waals surface area contributed by atoms with E-state index in [-0.39, 0.29) is 29.7 Å². The van der Waals surface area contributed by atoms with Crippen molar-refractivity contribution < 1.29 is 9.59 Å². The van der Waals surface area contributed by atoms with E-state index in [0.717, 1.165) is 43.6 Å². The minimum atomic E-state index is -0.754. The quantitative estimate of drug-likeness (QED) is 0.481. The smallest absolute Gasteiger partial charge is 0.238 e. The van der Waals surface area contributed by atoms with E-state index in [1.165, 1.54) is 21.9 Å². The second-order valence-electron chi connectivity index (χ2n) is 11.1. The first-order chi connectivity index (χ1) is 16.9. The van der Waals surface area contributed by atoms with Crippen LogP contribution in [0.1, 0.15) is 63.1 Å². The highest BCUT2D eigenvalue weighted by Gasteiger charge is 2.51. The molecule has 180 valence electrons. The Labute approximate surface area is 207 Å². The van der Waals surface area contributed by atoms with Crippen molar-refractivity contribution in [3.8, 4) is 0 Å². The third-order valence-electron chi connectivity index (χ3n) is 9.03. The number of rotatable bonds is 5. The first-order valence-corrected chi connectivity index (χ1v) is 13.1. The average Bonchev–Trinajstić information content (AvgIpc) is 3.30. The molecule has 35 heavy (non-hydrogen) atoms. The lowest BCUT2D eigenvalue weighted by Crippen LogP contribution is -2.53. The molecule has 1 aliphatic carbocycles. The van der Waals surface area contributed by atoms with Gasteiger partial charge in [-0.2, -0.15) is 0 Å². The predicted octanol–water partition coefficient (Wildman–Crippen LogP) is 5.75. The van der Waals surface area contributed by atoms with Crippen molar-refractivity contribution in [2.75, 3.05) is 18.0 Å². The van der Waals surface area contributed by atoms with E-state index in [9.17, 15) is 9.59 Å². The van der Waals surface area contributed by atoms with Gasteiger partial charge in [0.2, 0.25) is 5.91 Å². The van der Waals surface area contributed by atoms with Crippen LogP contribution in [0.3, 0.4) is 0 Å². The van der Waals surface area contributed by atoms with Gasteiger partial charge in [0, 0.05) is 43.2 Å². The molecule has 0 saturated carbocycles. The topological polar surface area (TPSA) is 40.6 Å². The lowest BCUT2D eigenvalue weighted by molar-refractivity contribution is -0.128. The number of Topliss-reactive ketones (excluding diaryl/α,β-unsaturated/α-hetero) is 1. The van der Waals surface area contributed by atoms with Gasteiger partial charge in [-0.05, 0) is 66.6 Å². The Morgan fingerprint density at radius 1 is 0.943 bits per heavy atom. The molecule has 2 heterocycles. The largest absolute Gasteiger partial charge is 0.308 e. The highest BCUT2D eigenvalue weighted by atomic mass is 16.2. The molecule has 2 aliphatic heterocycles. The van der Waals surface area contributed by atoms with Crippen molar-refractivity contribution in [2.24, 2.45) is 0 Å². The van der Waals surface area contributed by atoms with Gasteiger partial charge in [-0.1, -0.05) is 61.5 Å². The van der Waals surface area contributed by atoms with Crippen LogP contribution in [0.15, 0.2) is 60.7 Å². The first-order valence-electron chi connectivity index (χ1n) is 13.1. The van der Waals surface area contributed by atoms with Gasteiger partial charge in [0.05, 0.1) is 5.41 Å². The van der Waals surface area contributed by atoms with Crippen molar-refractivity contribution in [3.63, 3.8) is 0 Å². The van der Waals surface area contributed by atoms with E-state index < -0.39 is 5.41 Å². The number of ketones is 1. The molecule has 0 radical (unpaired) electrons. The molecule has 2 atom stereocenters. The Hall–Kier alpha value is -2.98. The van der Waals surface area contributed by atoms with Crippen LogP contribution in [0.5, 0.6) is 0 Å². The second-order valence-corrected chi connectivity index (χ2v) is 11.1. The number of benzene rings is 3. The molecular weight excluding hydrogens is 432 g/mol. The molecule has 1 fully saturated rings. The van der Waals surface area contributed by atoms with Crippen molar-refractivity contribution >= 4 is 28.2 Å². The van der Waals surface area contributed by atoms with E-state index in [1.54, 1.807) is 0 Å². The van der Waals surface area contributed by atoms with Gasteiger partial charge in [0.15, 0.2) is 0 Å². The van der Waals surface area contributed by atoms with Crippen LogP contribution < -0.4 is 4.90 Å². The zero-order chi connectivity index (χ0) is 24.4. The average molecular weight is 467 g/mol. The number of carbonyl (C=O) groups excluding carboxylic acids is 2. The SMILES string of the molecule is CCC(=O)C[C@]1(C)C(=O)N(C2CCN([C@@]3(C)Cc4cccc5cccc3c45)CC2)c2ccccc21. The number of carbonyl (C=O) groups is 2. The molecular formula is C31H34N2O2. The molecule has 0 N–H and O–H groups in total. The van der Waals surface area contributed by atoms with Crippen molar-refractivity contribution in [1.29, 1.82) is 0 Å². The Morgan fingerprint density at radius 2 is 1.63 bits per heavy atom. The molecule has 3 aromatic rings. The number of fused-ring (bicyclic) bond motifs is 1. The zero-order valence-electron chi connectivity index (χ0n) is 21.0. The minimum Gasteiger partial charge on any atom is -0.308 e. The van der Waals surface area contributed by atoms with Gasteiger partial charge in [-0.3, -0.25) is 14.5 Å². The Kier molecular flexibility index (Phi) is 5.16. The molecule has 3 aromatic carbocycles. The summed E-state index contributed by atoms with van der Waals surface area (Å²) in [7, 11) is 0. The minimum absolute atomic E-state index is 0.0108. The molecule has 0 bridgehead atoms. The summed E-state index contributed by atoms with van der Waals surface area (Å²) in [6.45, 7) is 8.16. The second kappa shape index (κ2) is 8.03. The summed E-state index contributed by atoms with van der Waals surface area (Å²) < 4.78 is 0. The van der Waals surface area contributed by atoms with Gasteiger partial charge >= 0.3 is 0 Å². The van der Waals surface area contributed by atoms with Crippen molar-refractivity contribution in [3.05, 3.63) is 77.4 Å². The number of amides is 1. The Balaban J connectivity index is 1.26. The highest BCUT2D eigenvalue weighted by molar-refractivity contribution is 6.10. The van der Waals surface area contributed by atoms with Crippen LogP contribution in [-0.4, -0.2) is 35.7 Å². The predicted molar refractivity (Wildman–Crippen MR) is 141 cm³/mol. The maximum atomic E-state index is 13.9.